The number of nitrogens with two attached hydrogens (primary N) is 1. The second-order valence-corrected chi connectivity index (χ2v) is 4.42. The van der Waals surface area contributed by atoms with Crippen LogP contribution in [0.1, 0.15) is 18.9 Å². The van der Waals surface area contributed by atoms with E-state index in [1.165, 1.54) is 12.1 Å². The van der Waals surface area contributed by atoms with Crippen LogP contribution in [0.3, 0.4) is 0 Å². The molecular formula is C12H17Cl2FN2O. The van der Waals surface area contributed by atoms with Crippen molar-refractivity contribution in [3.8, 4) is 0 Å². The number of carbonyl (C=O) groups excluding carboxylic acids is 1. The number of amides is 1. The molecule has 6 heteroatoms. The lowest BCUT2D eigenvalue weighted by atomic mass is 10.1. The van der Waals surface area contributed by atoms with Crippen LogP contribution >= 0.6 is 24.0 Å². The van der Waals surface area contributed by atoms with Crippen LogP contribution < -0.4 is 11.1 Å². The Morgan fingerprint density at radius 1 is 1.56 bits per heavy atom. The molecule has 1 unspecified atom stereocenters. The minimum absolute atomic E-state index is 0. The summed E-state index contributed by atoms with van der Waals surface area (Å²) >= 11 is 5.86. The quantitative estimate of drug-likeness (QED) is 0.875. The first-order valence-corrected chi connectivity index (χ1v) is 5.83. The number of hydrogen-bond acceptors (Lipinski definition) is 2. The largest absolute Gasteiger partial charge is 0.356 e. The molecule has 3 nitrogen and oxygen atoms in total. The van der Waals surface area contributed by atoms with E-state index in [1.54, 1.807) is 13.0 Å². The lowest BCUT2D eigenvalue weighted by Gasteiger charge is -2.08. The van der Waals surface area contributed by atoms with Gasteiger partial charge in [-0.25, -0.2) is 4.39 Å². The zero-order valence-electron chi connectivity index (χ0n) is 10.1. The van der Waals surface area contributed by atoms with Crippen LogP contribution in [0.15, 0.2) is 18.2 Å². The summed E-state index contributed by atoms with van der Waals surface area (Å²) in [6, 6.07) is 4.09. The van der Waals surface area contributed by atoms with Crippen molar-refractivity contribution < 1.29 is 9.18 Å². The van der Waals surface area contributed by atoms with Gasteiger partial charge in [0.25, 0.3) is 0 Å². The van der Waals surface area contributed by atoms with Gasteiger partial charge in [-0.2, -0.15) is 0 Å². The number of nitrogens with one attached hydrogen (secondary N) is 1. The predicted molar refractivity (Wildman–Crippen MR) is 73.6 cm³/mol. The third-order valence-electron chi connectivity index (χ3n) is 2.24. The molecule has 0 aromatic heterocycles. The van der Waals surface area contributed by atoms with E-state index in [0.29, 0.717) is 24.4 Å². The molecule has 0 fully saturated rings. The lowest BCUT2D eigenvalue weighted by molar-refractivity contribution is -0.121. The minimum atomic E-state index is -0.361. The van der Waals surface area contributed by atoms with E-state index in [2.05, 4.69) is 5.32 Å². The zero-order chi connectivity index (χ0) is 12.8. The Morgan fingerprint density at radius 2 is 2.22 bits per heavy atom. The highest BCUT2D eigenvalue weighted by atomic mass is 35.5. The van der Waals surface area contributed by atoms with Crippen LogP contribution in [0.5, 0.6) is 0 Å². The van der Waals surface area contributed by atoms with Crippen LogP contribution in [-0.2, 0) is 11.2 Å². The molecule has 0 heterocycles. The first-order chi connectivity index (χ1) is 7.99. The van der Waals surface area contributed by atoms with Crippen LogP contribution in [0, 0.1) is 5.82 Å². The van der Waals surface area contributed by atoms with Crippen molar-refractivity contribution in [1.82, 2.24) is 5.32 Å². The van der Waals surface area contributed by atoms with Gasteiger partial charge in [0.1, 0.15) is 5.82 Å². The van der Waals surface area contributed by atoms with Crippen molar-refractivity contribution in [3.63, 3.8) is 0 Å². The summed E-state index contributed by atoms with van der Waals surface area (Å²) in [4.78, 5) is 11.3. The van der Waals surface area contributed by atoms with Gasteiger partial charge >= 0.3 is 0 Å². The van der Waals surface area contributed by atoms with Crippen LogP contribution in [0.2, 0.25) is 5.02 Å². The molecule has 1 aromatic rings. The molecule has 0 bridgehead atoms. The maximum Gasteiger partial charge on any atom is 0.221 e. The minimum Gasteiger partial charge on any atom is -0.356 e. The summed E-state index contributed by atoms with van der Waals surface area (Å²) in [7, 11) is 0. The summed E-state index contributed by atoms with van der Waals surface area (Å²) < 4.78 is 12.8. The van der Waals surface area contributed by atoms with E-state index >= 15 is 0 Å². The highest BCUT2D eigenvalue weighted by Gasteiger charge is 2.05. The number of halogens is 3. The summed E-state index contributed by atoms with van der Waals surface area (Å²) in [6.45, 7) is 2.24. The molecule has 0 aliphatic heterocycles. The Hall–Kier alpha value is -0.840. The molecule has 18 heavy (non-hydrogen) atoms. The van der Waals surface area contributed by atoms with Crippen molar-refractivity contribution in [1.29, 1.82) is 0 Å². The molecule has 1 atom stereocenters. The third-order valence-corrected chi connectivity index (χ3v) is 2.59. The molecule has 1 amide bonds. The molecule has 0 aliphatic rings. The number of carbonyl (C=O) groups is 1. The Kier molecular flexibility index (Phi) is 7.91. The number of hydrogen-bond donors (Lipinski definition) is 2. The SMILES string of the molecule is CC(N)CC(=O)NCCc1ccc(F)cc1Cl.Cl. The van der Waals surface area contributed by atoms with Crippen molar-refractivity contribution >= 4 is 29.9 Å². The van der Waals surface area contributed by atoms with Gasteiger partial charge in [0.05, 0.1) is 0 Å². The Labute approximate surface area is 117 Å². The highest BCUT2D eigenvalue weighted by Crippen LogP contribution is 2.17. The van der Waals surface area contributed by atoms with Crippen molar-refractivity contribution in [2.24, 2.45) is 5.73 Å². The molecule has 0 saturated heterocycles. The Morgan fingerprint density at radius 3 is 2.78 bits per heavy atom. The molecule has 0 saturated carbocycles. The molecule has 0 radical (unpaired) electrons. The first-order valence-electron chi connectivity index (χ1n) is 5.45. The fourth-order valence-corrected chi connectivity index (χ4v) is 1.69. The van der Waals surface area contributed by atoms with Crippen molar-refractivity contribution in [3.05, 3.63) is 34.6 Å². The van der Waals surface area contributed by atoms with E-state index in [0.717, 1.165) is 5.56 Å². The van der Waals surface area contributed by atoms with E-state index < -0.39 is 0 Å². The molecule has 1 aromatic carbocycles. The third kappa shape index (κ3) is 6.19. The maximum absolute atomic E-state index is 12.8. The van der Waals surface area contributed by atoms with E-state index in [-0.39, 0.29) is 30.2 Å². The number of rotatable bonds is 5. The number of benzene rings is 1. The molecule has 0 spiro atoms. The van der Waals surface area contributed by atoms with E-state index in [9.17, 15) is 9.18 Å². The Bertz CT molecular complexity index is 400. The lowest BCUT2D eigenvalue weighted by Crippen LogP contribution is -2.31. The average Bonchev–Trinajstić information content (AvgIpc) is 2.20. The van der Waals surface area contributed by atoms with Crippen LogP contribution in [-0.4, -0.2) is 18.5 Å². The van der Waals surface area contributed by atoms with E-state index in [1.807, 2.05) is 0 Å². The predicted octanol–water partition coefficient (Wildman–Crippen LogP) is 2.30. The fourth-order valence-electron chi connectivity index (χ4n) is 1.43. The highest BCUT2D eigenvalue weighted by molar-refractivity contribution is 6.31. The maximum atomic E-state index is 12.8. The zero-order valence-corrected chi connectivity index (χ0v) is 11.7. The van der Waals surface area contributed by atoms with Gasteiger partial charge in [0, 0.05) is 24.0 Å². The molecule has 1 rings (SSSR count). The van der Waals surface area contributed by atoms with Gasteiger partial charge in [0.15, 0.2) is 0 Å². The Balaban J connectivity index is 0.00000289. The molecule has 102 valence electrons. The fraction of sp³-hybridized carbons (Fsp3) is 0.417. The average molecular weight is 295 g/mol. The first kappa shape index (κ1) is 17.2. The van der Waals surface area contributed by atoms with Gasteiger partial charge < -0.3 is 11.1 Å². The second kappa shape index (κ2) is 8.29. The van der Waals surface area contributed by atoms with Crippen molar-refractivity contribution in [2.45, 2.75) is 25.8 Å². The standard InChI is InChI=1S/C12H16ClFN2O.ClH/c1-8(15)6-12(17)16-5-4-9-2-3-10(14)7-11(9)13;/h2-3,7-8H,4-6,15H2,1H3,(H,16,17);1H. The second-order valence-electron chi connectivity index (χ2n) is 4.02. The summed E-state index contributed by atoms with van der Waals surface area (Å²) in [5, 5.41) is 3.11. The van der Waals surface area contributed by atoms with Gasteiger partial charge in [-0.3, -0.25) is 4.79 Å². The summed E-state index contributed by atoms with van der Waals surface area (Å²) in [5.41, 5.74) is 6.31. The normalized spacial score (nSPS) is 11.6. The summed E-state index contributed by atoms with van der Waals surface area (Å²) in [6.07, 6.45) is 0.876. The molecular weight excluding hydrogens is 278 g/mol. The monoisotopic (exact) mass is 294 g/mol. The van der Waals surface area contributed by atoms with E-state index in [4.69, 9.17) is 17.3 Å². The van der Waals surface area contributed by atoms with Gasteiger partial charge in [-0.15, -0.1) is 12.4 Å². The van der Waals surface area contributed by atoms with Crippen molar-refractivity contribution in [2.75, 3.05) is 6.54 Å². The van der Waals surface area contributed by atoms with Crippen LogP contribution in [0.4, 0.5) is 4.39 Å². The van der Waals surface area contributed by atoms with Gasteiger partial charge in [-0.05, 0) is 31.0 Å². The molecule has 3 N–H and O–H groups in total. The van der Waals surface area contributed by atoms with Gasteiger partial charge in [-0.1, -0.05) is 17.7 Å². The smallest absolute Gasteiger partial charge is 0.221 e. The van der Waals surface area contributed by atoms with Gasteiger partial charge in [0.2, 0.25) is 5.91 Å². The topological polar surface area (TPSA) is 55.1 Å². The summed E-state index contributed by atoms with van der Waals surface area (Å²) in [5.74, 6) is -0.446. The molecule has 0 aliphatic carbocycles. The van der Waals surface area contributed by atoms with Crippen LogP contribution in [0.25, 0.3) is 0 Å².